The molecule has 4 nitrogen and oxygen atoms in total. The van der Waals surface area contributed by atoms with E-state index < -0.39 is 0 Å². The summed E-state index contributed by atoms with van der Waals surface area (Å²) >= 11 is 0. The number of carbonyl (C=O) groups excluding carboxylic acids is 1. The number of carbonyl (C=O) groups is 1. The molecule has 25 heavy (non-hydrogen) atoms. The summed E-state index contributed by atoms with van der Waals surface area (Å²) in [6, 6.07) is 17.9. The van der Waals surface area contributed by atoms with Gasteiger partial charge in [0.2, 0.25) is 5.91 Å². The van der Waals surface area contributed by atoms with Crippen molar-refractivity contribution in [3.63, 3.8) is 0 Å². The second-order valence-electron chi connectivity index (χ2n) is 6.38. The highest BCUT2D eigenvalue weighted by atomic mass is 16.5. The van der Waals surface area contributed by atoms with Gasteiger partial charge in [0.15, 0.2) is 0 Å². The predicted octanol–water partition coefficient (Wildman–Crippen LogP) is 3.94. The molecule has 0 unspecified atom stereocenters. The number of ether oxygens (including phenoxy) is 2. The highest BCUT2D eigenvalue weighted by Gasteiger charge is 2.44. The average Bonchev–Trinajstić information content (AvgIpc) is 3.44. The highest BCUT2D eigenvalue weighted by molar-refractivity contribution is 5.83. The summed E-state index contributed by atoms with van der Waals surface area (Å²) in [6.45, 7) is 3.04. The van der Waals surface area contributed by atoms with E-state index in [2.05, 4.69) is 17.4 Å². The van der Waals surface area contributed by atoms with Crippen LogP contribution in [0.4, 0.5) is 0 Å². The lowest BCUT2D eigenvalue weighted by Gasteiger charge is -2.19. The first-order valence-electron chi connectivity index (χ1n) is 8.80. The van der Waals surface area contributed by atoms with Gasteiger partial charge >= 0.3 is 0 Å². The van der Waals surface area contributed by atoms with Gasteiger partial charge in [-0.25, -0.2) is 0 Å². The van der Waals surface area contributed by atoms with E-state index in [4.69, 9.17) is 9.47 Å². The molecule has 0 radical (unpaired) electrons. The molecule has 1 N–H and O–H groups in total. The zero-order chi connectivity index (χ0) is 17.6. The van der Waals surface area contributed by atoms with Crippen LogP contribution in [0.1, 0.15) is 37.9 Å². The van der Waals surface area contributed by atoms with Crippen molar-refractivity contribution < 1.29 is 15.7 Å². The smallest absolute Gasteiger partial charge is 0.224 e. The minimum absolute atomic E-state index is 0. The maximum atomic E-state index is 12.6. The fraction of sp³-hybridized carbons (Fsp3) is 0.381. The summed E-state index contributed by atoms with van der Waals surface area (Å²) < 4.78 is 10.8. The first-order chi connectivity index (χ1) is 12.2. The Bertz CT molecular complexity index is 690. The Balaban J connectivity index is 0.00000243. The van der Waals surface area contributed by atoms with Crippen molar-refractivity contribution in [2.75, 3.05) is 20.3 Å². The quantitative estimate of drug-likeness (QED) is 0.791. The lowest BCUT2D eigenvalue weighted by Crippen LogP contribution is -2.32. The fourth-order valence-corrected chi connectivity index (χ4v) is 3.18. The third-order valence-electron chi connectivity index (χ3n) is 4.60. The number of benzene rings is 2. The second-order valence-corrected chi connectivity index (χ2v) is 6.38. The molecule has 134 valence electrons. The van der Waals surface area contributed by atoms with Crippen molar-refractivity contribution in [1.82, 2.24) is 5.32 Å². The van der Waals surface area contributed by atoms with Crippen LogP contribution in [-0.4, -0.2) is 26.2 Å². The Morgan fingerprint density at radius 1 is 1.20 bits per heavy atom. The molecule has 2 aromatic rings. The first kappa shape index (κ1) is 17.5. The molecule has 2 aromatic carbocycles. The summed E-state index contributed by atoms with van der Waals surface area (Å²) in [5.74, 6) is 1.33. The first-order valence-corrected chi connectivity index (χ1v) is 8.80. The summed E-state index contributed by atoms with van der Waals surface area (Å²) in [6.07, 6.45) is 0.916. The van der Waals surface area contributed by atoms with Crippen LogP contribution in [0.3, 0.4) is 0 Å². The molecule has 1 amide bonds. The molecule has 4 heteroatoms. The van der Waals surface area contributed by atoms with Crippen molar-refractivity contribution in [1.29, 1.82) is 0 Å². The lowest BCUT2D eigenvalue weighted by atomic mass is 10.1. The molecule has 0 saturated heterocycles. The van der Waals surface area contributed by atoms with Crippen LogP contribution < -0.4 is 10.1 Å². The molecule has 1 aliphatic carbocycles. The maximum Gasteiger partial charge on any atom is 0.224 e. The molecule has 1 aliphatic rings. The highest BCUT2D eigenvalue weighted by Crippen LogP contribution is 2.47. The number of rotatable bonds is 8. The van der Waals surface area contributed by atoms with Gasteiger partial charge in [-0.2, -0.15) is 0 Å². The van der Waals surface area contributed by atoms with E-state index in [9.17, 15) is 4.79 Å². The largest absolute Gasteiger partial charge is 0.494 e. The van der Waals surface area contributed by atoms with Crippen LogP contribution in [-0.2, 0) is 9.53 Å². The molecule has 1 saturated carbocycles. The third-order valence-corrected chi connectivity index (χ3v) is 4.60. The van der Waals surface area contributed by atoms with Crippen molar-refractivity contribution in [2.45, 2.75) is 25.3 Å². The maximum absolute atomic E-state index is 12.6. The Labute approximate surface area is 150 Å². The van der Waals surface area contributed by atoms with Gasteiger partial charge in [-0.3, -0.25) is 4.79 Å². The summed E-state index contributed by atoms with van der Waals surface area (Å²) in [5.41, 5.74) is 2.27. The van der Waals surface area contributed by atoms with Gasteiger partial charge in [-0.15, -0.1) is 0 Å². The van der Waals surface area contributed by atoms with Crippen molar-refractivity contribution >= 4 is 5.91 Å². The second kappa shape index (κ2) is 8.17. The van der Waals surface area contributed by atoms with Crippen LogP contribution in [0.15, 0.2) is 54.6 Å². The van der Waals surface area contributed by atoms with Crippen LogP contribution in [0.25, 0.3) is 0 Å². The third kappa shape index (κ3) is 4.40. The minimum Gasteiger partial charge on any atom is -0.494 e. The fourth-order valence-electron chi connectivity index (χ4n) is 3.18. The van der Waals surface area contributed by atoms with Crippen molar-refractivity contribution in [2.24, 2.45) is 5.92 Å². The number of hydrogen-bond donors (Lipinski definition) is 1. The van der Waals surface area contributed by atoms with Gasteiger partial charge < -0.3 is 14.8 Å². The topological polar surface area (TPSA) is 47.6 Å². The summed E-state index contributed by atoms with van der Waals surface area (Å²) in [7, 11) is 1.65. The zero-order valence-electron chi connectivity index (χ0n) is 14.8. The molecular formula is C21H27NO3. The van der Waals surface area contributed by atoms with Gasteiger partial charge in [0, 0.05) is 14.5 Å². The van der Waals surface area contributed by atoms with Gasteiger partial charge in [0.1, 0.15) is 5.75 Å². The molecule has 0 aliphatic heterocycles. The molecule has 0 bridgehead atoms. The van der Waals surface area contributed by atoms with Crippen LogP contribution in [0, 0.1) is 5.92 Å². The van der Waals surface area contributed by atoms with E-state index >= 15 is 0 Å². The number of methoxy groups -OCH3 is 1. The Hall–Kier alpha value is -2.33. The van der Waals surface area contributed by atoms with Crippen LogP contribution in [0.5, 0.6) is 5.75 Å². The Morgan fingerprint density at radius 2 is 1.92 bits per heavy atom. The number of hydrogen-bond acceptors (Lipinski definition) is 3. The van der Waals surface area contributed by atoms with Gasteiger partial charge in [-0.05, 0) is 42.5 Å². The van der Waals surface area contributed by atoms with E-state index in [0.29, 0.717) is 19.1 Å². The predicted molar refractivity (Wildman–Crippen MR) is 99.8 cm³/mol. The van der Waals surface area contributed by atoms with Gasteiger partial charge in [0.25, 0.3) is 0 Å². The molecule has 3 rings (SSSR count). The van der Waals surface area contributed by atoms with Gasteiger partial charge in [0.05, 0.1) is 19.3 Å². The molecule has 0 heterocycles. The van der Waals surface area contributed by atoms with Crippen molar-refractivity contribution in [3.8, 4) is 5.75 Å². The molecule has 1 fully saturated rings. The summed E-state index contributed by atoms with van der Waals surface area (Å²) in [5, 5.41) is 3.14. The molecular weight excluding hydrogens is 314 g/mol. The van der Waals surface area contributed by atoms with E-state index in [1.807, 2.05) is 49.4 Å². The Kier molecular flexibility index (Phi) is 5.71. The number of nitrogens with one attached hydrogen (secondary N) is 1. The molecule has 0 aromatic heterocycles. The summed E-state index contributed by atoms with van der Waals surface area (Å²) in [4.78, 5) is 12.6. The van der Waals surface area contributed by atoms with Gasteiger partial charge in [-0.1, -0.05) is 42.5 Å². The van der Waals surface area contributed by atoms with Crippen molar-refractivity contribution in [3.05, 3.63) is 65.7 Å². The van der Waals surface area contributed by atoms with Crippen LogP contribution in [0.2, 0.25) is 0 Å². The average molecular weight is 341 g/mol. The monoisotopic (exact) mass is 341 g/mol. The van der Waals surface area contributed by atoms with E-state index in [1.54, 1.807) is 7.11 Å². The van der Waals surface area contributed by atoms with Crippen LogP contribution >= 0.6 is 0 Å². The van der Waals surface area contributed by atoms with E-state index in [0.717, 1.165) is 17.7 Å². The SMILES string of the molecule is CCOc1ccc([C@H](COC)NC(=O)[C@H]2C[C@@H]2c2ccccc2)cc1.[HH]. The molecule has 0 spiro atoms. The standard InChI is InChI=1S/C21H25NO3.H2/c1-3-25-17-11-9-16(10-12-17)20(14-24-2)22-21(23)19-13-18(19)15-7-5-4-6-8-15;/h4-12,18-20H,3,13-14H2,1-2H3,(H,22,23);1H/t18-,19+,20+;/m1./s1. The zero-order valence-corrected chi connectivity index (χ0v) is 14.8. The van der Waals surface area contributed by atoms with E-state index in [1.165, 1.54) is 5.56 Å². The molecule has 3 atom stereocenters. The number of amides is 1. The normalized spacial score (nSPS) is 19.9. The Morgan fingerprint density at radius 3 is 2.56 bits per heavy atom. The minimum atomic E-state index is -0.148. The van der Waals surface area contributed by atoms with E-state index in [-0.39, 0.29) is 19.3 Å². The lowest BCUT2D eigenvalue weighted by molar-refractivity contribution is -0.123.